The molecule has 0 spiro atoms. The second kappa shape index (κ2) is 7.91. The molecule has 0 saturated carbocycles. The Bertz CT molecular complexity index is 941. The molecule has 2 aromatic carbocycles. The predicted octanol–water partition coefficient (Wildman–Crippen LogP) is 4.83. The highest BCUT2D eigenvalue weighted by atomic mass is 32.2. The van der Waals surface area contributed by atoms with E-state index in [4.69, 9.17) is 0 Å². The highest BCUT2D eigenvalue weighted by molar-refractivity contribution is 7.91. The Balaban J connectivity index is 2.28. The second-order valence-corrected chi connectivity index (χ2v) is 9.69. The zero-order chi connectivity index (χ0) is 20.5. The van der Waals surface area contributed by atoms with Gasteiger partial charge in [-0.2, -0.15) is 0 Å². The summed E-state index contributed by atoms with van der Waals surface area (Å²) >= 11 is 0. The molecule has 28 heavy (non-hydrogen) atoms. The second-order valence-electron chi connectivity index (χ2n) is 7.73. The lowest BCUT2D eigenvalue weighted by Gasteiger charge is -2.39. The third kappa shape index (κ3) is 3.72. The molecule has 3 nitrogen and oxygen atoms in total. The number of hydrogen-bond donors (Lipinski definition) is 1. The molecule has 0 amide bonds. The number of aliphatic hydroxyl groups excluding tert-OH is 1. The maximum absolute atomic E-state index is 14.1. The molecule has 3 rings (SSSR count). The molecule has 0 radical (unpaired) electrons. The lowest BCUT2D eigenvalue weighted by atomic mass is 9.69. The maximum Gasteiger partial charge on any atom is 0.179 e. The molecule has 0 aliphatic carbocycles. The molecule has 2 aromatic rings. The van der Waals surface area contributed by atoms with E-state index in [1.807, 2.05) is 13.8 Å². The van der Waals surface area contributed by atoms with E-state index in [1.165, 1.54) is 36.4 Å². The zero-order valence-corrected chi connectivity index (χ0v) is 17.0. The van der Waals surface area contributed by atoms with E-state index in [0.29, 0.717) is 18.4 Å². The summed E-state index contributed by atoms with van der Waals surface area (Å²) in [5.74, 6) is -1.92. The molecule has 1 N–H and O–H groups in total. The van der Waals surface area contributed by atoms with Gasteiger partial charge in [-0.25, -0.2) is 17.2 Å². The van der Waals surface area contributed by atoms with Crippen LogP contribution in [0.3, 0.4) is 0 Å². The fourth-order valence-corrected chi connectivity index (χ4v) is 6.63. The van der Waals surface area contributed by atoms with Gasteiger partial charge in [-0.05, 0) is 54.3 Å². The molecule has 0 aromatic heterocycles. The van der Waals surface area contributed by atoms with Crippen LogP contribution in [0.5, 0.6) is 0 Å². The van der Waals surface area contributed by atoms with Gasteiger partial charge in [0.2, 0.25) is 0 Å². The Hall–Kier alpha value is -1.79. The summed E-state index contributed by atoms with van der Waals surface area (Å²) < 4.78 is 54.0. The lowest BCUT2D eigenvalue weighted by molar-refractivity contribution is 0.0173. The fraction of sp³-hybridized carbons (Fsp3) is 0.455. The summed E-state index contributed by atoms with van der Waals surface area (Å²) in [6.45, 7) is 3.90. The number of hydrogen-bond acceptors (Lipinski definition) is 3. The van der Waals surface area contributed by atoms with Gasteiger partial charge in [-0.15, -0.1) is 0 Å². The van der Waals surface area contributed by atoms with Crippen LogP contribution in [0.25, 0.3) is 0 Å². The van der Waals surface area contributed by atoms with Crippen molar-refractivity contribution in [1.82, 2.24) is 0 Å². The molecular weight excluding hydrogens is 382 g/mol. The van der Waals surface area contributed by atoms with Gasteiger partial charge in [-0.3, -0.25) is 0 Å². The predicted molar refractivity (Wildman–Crippen MR) is 105 cm³/mol. The van der Waals surface area contributed by atoms with Crippen molar-refractivity contribution < 1.29 is 22.3 Å². The number of unbranched alkanes of at least 4 members (excludes halogenated alkanes) is 1. The highest BCUT2D eigenvalue weighted by Gasteiger charge is 2.48. The summed E-state index contributed by atoms with van der Waals surface area (Å²) in [6.07, 6.45) is 1.64. The molecule has 3 atom stereocenters. The average molecular weight is 409 g/mol. The first-order valence-electron chi connectivity index (χ1n) is 9.70. The van der Waals surface area contributed by atoms with Crippen LogP contribution in [0.15, 0.2) is 47.4 Å². The Morgan fingerprint density at radius 1 is 1.07 bits per heavy atom. The summed E-state index contributed by atoms with van der Waals surface area (Å²) in [7, 11) is -3.73. The van der Waals surface area contributed by atoms with Crippen molar-refractivity contribution >= 4 is 9.84 Å². The Labute approximate surface area is 165 Å². The van der Waals surface area contributed by atoms with Crippen LogP contribution in [0.4, 0.5) is 8.78 Å². The highest BCUT2D eigenvalue weighted by Crippen LogP contribution is 2.48. The molecule has 1 aliphatic rings. The standard InChI is InChI=1S/C22H26F2O3S/c1-3-5-12-22(4-2)14-28(26,27)19-11-10-17(24)13-18(19)20(21(22)25)15-6-8-16(23)9-7-15/h6-11,13,20-21,25H,3-5,12,14H2,1-2H3/t20-,21-,22+/m0/s1. The smallest absolute Gasteiger partial charge is 0.179 e. The van der Waals surface area contributed by atoms with Crippen LogP contribution in [0.2, 0.25) is 0 Å². The molecule has 0 bridgehead atoms. The topological polar surface area (TPSA) is 54.4 Å². The minimum absolute atomic E-state index is 0.0501. The molecule has 0 fully saturated rings. The van der Waals surface area contributed by atoms with E-state index in [1.54, 1.807) is 0 Å². The van der Waals surface area contributed by atoms with Crippen LogP contribution in [-0.2, 0) is 9.84 Å². The first-order chi connectivity index (χ1) is 13.2. The van der Waals surface area contributed by atoms with Crippen molar-refractivity contribution in [2.24, 2.45) is 5.41 Å². The number of aliphatic hydroxyl groups is 1. The van der Waals surface area contributed by atoms with Crippen LogP contribution in [-0.4, -0.2) is 25.4 Å². The molecule has 152 valence electrons. The molecule has 0 saturated heterocycles. The van der Waals surface area contributed by atoms with E-state index < -0.39 is 38.9 Å². The zero-order valence-electron chi connectivity index (χ0n) is 16.2. The van der Waals surface area contributed by atoms with Gasteiger partial charge in [0.15, 0.2) is 9.84 Å². The quantitative estimate of drug-likeness (QED) is 0.721. The summed E-state index contributed by atoms with van der Waals surface area (Å²) in [5, 5.41) is 11.5. The normalized spacial score (nSPS) is 26.5. The number of halogens is 2. The number of rotatable bonds is 5. The van der Waals surface area contributed by atoms with E-state index >= 15 is 0 Å². The fourth-order valence-electron chi connectivity index (χ4n) is 4.38. The number of benzene rings is 2. The largest absolute Gasteiger partial charge is 0.392 e. The van der Waals surface area contributed by atoms with Crippen molar-refractivity contribution in [2.75, 3.05) is 5.75 Å². The molecule has 1 heterocycles. The van der Waals surface area contributed by atoms with Gasteiger partial charge < -0.3 is 5.11 Å². The monoisotopic (exact) mass is 408 g/mol. The van der Waals surface area contributed by atoms with E-state index in [-0.39, 0.29) is 16.2 Å². The minimum Gasteiger partial charge on any atom is -0.392 e. The Morgan fingerprint density at radius 3 is 2.32 bits per heavy atom. The molecule has 1 aliphatic heterocycles. The minimum atomic E-state index is -3.73. The van der Waals surface area contributed by atoms with Crippen molar-refractivity contribution in [3.8, 4) is 0 Å². The summed E-state index contributed by atoms with van der Waals surface area (Å²) in [5.41, 5.74) is -0.0401. The van der Waals surface area contributed by atoms with Crippen molar-refractivity contribution in [2.45, 2.75) is 56.4 Å². The van der Waals surface area contributed by atoms with Crippen LogP contribution in [0, 0.1) is 17.0 Å². The van der Waals surface area contributed by atoms with E-state index in [0.717, 1.165) is 18.9 Å². The van der Waals surface area contributed by atoms with Crippen LogP contribution >= 0.6 is 0 Å². The van der Waals surface area contributed by atoms with Crippen LogP contribution < -0.4 is 0 Å². The van der Waals surface area contributed by atoms with Gasteiger partial charge in [0, 0.05) is 11.3 Å². The number of fused-ring (bicyclic) bond motifs is 1. The van der Waals surface area contributed by atoms with Gasteiger partial charge in [0.25, 0.3) is 0 Å². The number of sulfone groups is 1. The average Bonchev–Trinajstić information content (AvgIpc) is 2.72. The van der Waals surface area contributed by atoms with Crippen LogP contribution in [0.1, 0.15) is 56.6 Å². The van der Waals surface area contributed by atoms with E-state index in [9.17, 15) is 22.3 Å². The molecular formula is C22H26F2O3S. The maximum atomic E-state index is 14.1. The third-order valence-electron chi connectivity index (χ3n) is 6.02. The summed E-state index contributed by atoms with van der Waals surface area (Å²) in [6, 6.07) is 9.24. The van der Waals surface area contributed by atoms with Crippen molar-refractivity contribution in [3.63, 3.8) is 0 Å². The van der Waals surface area contributed by atoms with Gasteiger partial charge in [-0.1, -0.05) is 38.8 Å². The summed E-state index contributed by atoms with van der Waals surface area (Å²) in [4.78, 5) is 0.0501. The molecule has 6 heteroatoms. The van der Waals surface area contributed by atoms with Crippen molar-refractivity contribution in [1.29, 1.82) is 0 Å². The van der Waals surface area contributed by atoms with E-state index in [2.05, 4.69) is 0 Å². The lowest BCUT2D eigenvalue weighted by Crippen LogP contribution is -2.42. The third-order valence-corrected chi connectivity index (χ3v) is 8.02. The Morgan fingerprint density at radius 2 is 1.71 bits per heavy atom. The van der Waals surface area contributed by atoms with Gasteiger partial charge in [0.1, 0.15) is 11.6 Å². The van der Waals surface area contributed by atoms with Crippen molar-refractivity contribution in [3.05, 3.63) is 65.2 Å². The molecule has 0 unspecified atom stereocenters. The first-order valence-corrected chi connectivity index (χ1v) is 11.3. The Kier molecular flexibility index (Phi) is 5.92. The SMILES string of the molecule is CCCC[C@]1(CC)CS(=O)(=O)c2ccc(F)cc2[C@H](c2ccc(F)cc2)[C@@H]1O. The van der Waals surface area contributed by atoms with Gasteiger partial charge in [0.05, 0.1) is 16.8 Å². The first kappa shape index (κ1) is 20.9. The van der Waals surface area contributed by atoms with Gasteiger partial charge >= 0.3 is 0 Å².